The van der Waals surface area contributed by atoms with Gasteiger partial charge in [0, 0.05) is 6.42 Å². The van der Waals surface area contributed by atoms with Crippen molar-refractivity contribution in [1.82, 2.24) is 16.0 Å². The van der Waals surface area contributed by atoms with Gasteiger partial charge in [0.05, 0.1) is 6.04 Å². The molecule has 0 aliphatic heterocycles. The quantitative estimate of drug-likeness (QED) is 0.132. The van der Waals surface area contributed by atoms with E-state index in [0.29, 0.717) is 25.8 Å². The standard InChI is InChI=1S/C22H41N5O7/c1-5-13(4)18(27-19(30)14(24)9-10-16(28)29)21(32)26-17(12(2)3)20(31)25-15(22(33)34)8-6-7-11-23/h12-15,17-18H,5-11,23-24H2,1-4H3,(H,25,31)(H,26,32)(H,27,30)(H,28,29)(H,33,34). The van der Waals surface area contributed by atoms with Gasteiger partial charge in [-0.1, -0.05) is 34.1 Å². The van der Waals surface area contributed by atoms with Crippen LogP contribution in [0.15, 0.2) is 0 Å². The fourth-order valence-electron chi connectivity index (χ4n) is 3.16. The maximum Gasteiger partial charge on any atom is 0.326 e. The number of rotatable bonds is 17. The lowest BCUT2D eigenvalue weighted by atomic mass is 9.95. The Kier molecular flexibility index (Phi) is 14.7. The van der Waals surface area contributed by atoms with Gasteiger partial charge in [-0.3, -0.25) is 19.2 Å². The summed E-state index contributed by atoms with van der Waals surface area (Å²) in [7, 11) is 0. The van der Waals surface area contributed by atoms with Gasteiger partial charge in [0.1, 0.15) is 18.1 Å². The molecule has 0 fully saturated rings. The minimum Gasteiger partial charge on any atom is -0.481 e. The third-order valence-corrected chi connectivity index (χ3v) is 5.61. The molecule has 0 spiro atoms. The summed E-state index contributed by atoms with van der Waals surface area (Å²) < 4.78 is 0. The van der Waals surface area contributed by atoms with Gasteiger partial charge in [-0.2, -0.15) is 0 Å². The van der Waals surface area contributed by atoms with Crippen LogP contribution in [0.4, 0.5) is 0 Å². The van der Waals surface area contributed by atoms with E-state index >= 15 is 0 Å². The van der Waals surface area contributed by atoms with E-state index in [1.54, 1.807) is 20.8 Å². The normalized spacial score (nSPS) is 15.5. The molecule has 5 atom stereocenters. The zero-order valence-electron chi connectivity index (χ0n) is 20.5. The summed E-state index contributed by atoms with van der Waals surface area (Å²) in [5.41, 5.74) is 11.2. The largest absolute Gasteiger partial charge is 0.481 e. The fourth-order valence-corrected chi connectivity index (χ4v) is 3.16. The van der Waals surface area contributed by atoms with Gasteiger partial charge in [0.15, 0.2) is 0 Å². The van der Waals surface area contributed by atoms with Crippen LogP contribution >= 0.6 is 0 Å². The molecule has 12 nitrogen and oxygen atoms in total. The molecule has 12 heteroatoms. The number of nitrogens with one attached hydrogen (secondary N) is 3. The summed E-state index contributed by atoms with van der Waals surface area (Å²) in [5.74, 6) is -4.87. The summed E-state index contributed by atoms with van der Waals surface area (Å²) in [6, 6.07) is -4.27. The van der Waals surface area contributed by atoms with Crippen molar-refractivity contribution in [2.75, 3.05) is 6.54 Å². The summed E-state index contributed by atoms with van der Waals surface area (Å²) in [5, 5.41) is 25.8. The minimum absolute atomic E-state index is 0.0895. The van der Waals surface area contributed by atoms with Crippen LogP contribution in [0.5, 0.6) is 0 Å². The van der Waals surface area contributed by atoms with Crippen molar-refractivity contribution < 1.29 is 34.2 Å². The van der Waals surface area contributed by atoms with E-state index in [9.17, 15) is 29.1 Å². The van der Waals surface area contributed by atoms with Gasteiger partial charge >= 0.3 is 11.9 Å². The number of unbranched alkanes of at least 4 members (excludes halogenated alkanes) is 1. The summed E-state index contributed by atoms with van der Waals surface area (Å²) in [4.78, 5) is 60.6. The van der Waals surface area contributed by atoms with E-state index < -0.39 is 53.8 Å². The van der Waals surface area contributed by atoms with Gasteiger partial charge in [0.25, 0.3) is 0 Å². The molecule has 0 heterocycles. The number of aliphatic carboxylic acids is 2. The Morgan fingerprint density at radius 3 is 1.85 bits per heavy atom. The number of carbonyl (C=O) groups is 5. The molecule has 34 heavy (non-hydrogen) atoms. The molecule has 0 radical (unpaired) electrons. The van der Waals surface area contributed by atoms with E-state index in [1.165, 1.54) is 0 Å². The SMILES string of the molecule is CCC(C)C(NC(=O)C(N)CCC(=O)O)C(=O)NC(C(=O)NC(CCCCN)C(=O)O)C(C)C. The van der Waals surface area contributed by atoms with E-state index in [1.807, 2.05) is 6.92 Å². The molecular weight excluding hydrogens is 446 g/mol. The van der Waals surface area contributed by atoms with Crippen molar-refractivity contribution in [2.24, 2.45) is 23.3 Å². The summed E-state index contributed by atoms with van der Waals surface area (Å²) in [6.07, 6.45) is 1.50. The first kappa shape index (κ1) is 31.3. The second kappa shape index (κ2) is 16.0. The summed E-state index contributed by atoms with van der Waals surface area (Å²) in [6.45, 7) is 7.39. The Bertz CT molecular complexity index is 701. The third-order valence-electron chi connectivity index (χ3n) is 5.61. The van der Waals surface area contributed by atoms with E-state index in [2.05, 4.69) is 16.0 Å². The molecule has 0 saturated carbocycles. The van der Waals surface area contributed by atoms with Crippen LogP contribution in [0.25, 0.3) is 0 Å². The van der Waals surface area contributed by atoms with Gasteiger partial charge in [-0.15, -0.1) is 0 Å². The molecule has 196 valence electrons. The van der Waals surface area contributed by atoms with Gasteiger partial charge < -0.3 is 37.6 Å². The lowest BCUT2D eigenvalue weighted by Crippen LogP contribution is -2.59. The highest BCUT2D eigenvalue weighted by Crippen LogP contribution is 2.12. The van der Waals surface area contributed by atoms with Gasteiger partial charge in [-0.05, 0) is 44.1 Å². The van der Waals surface area contributed by atoms with Crippen molar-refractivity contribution >= 4 is 29.7 Å². The summed E-state index contributed by atoms with van der Waals surface area (Å²) >= 11 is 0. The van der Waals surface area contributed by atoms with Crippen LogP contribution < -0.4 is 27.4 Å². The number of hydrogen-bond donors (Lipinski definition) is 7. The second-order valence-corrected chi connectivity index (χ2v) is 8.82. The van der Waals surface area contributed by atoms with E-state index in [-0.39, 0.29) is 31.1 Å². The van der Waals surface area contributed by atoms with Crippen molar-refractivity contribution in [3.05, 3.63) is 0 Å². The maximum atomic E-state index is 13.0. The molecule has 0 aliphatic carbocycles. The Balaban J connectivity index is 5.39. The van der Waals surface area contributed by atoms with E-state index in [0.717, 1.165) is 0 Å². The fraction of sp³-hybridized carbons (Fsp3) is 0.773. The first-order valence-corrected chi connectivity index (χ1v) is 11.7. The predicted octanol–water partition coefficient (Wildman–Crippen LogP) is -0.451. The molecule has 0 bridgehead atoms. The van der Waals surface area contributed by atoms with Gasteiger partial charge in [-0.25, -0.2) is 4.79 Å². The highest BCUT2D eigenvalue weighted by molar-refractivity contribution is 5.94. The topological polar surface area (TPSA) is 214 Å². The van der Waals surface area contributed by atoms with Crippen LogP contribution in [0.3, 0.4) is 0 Å². The van der Waals surface area contributed by atoms with Crippen molar-refractivity contribution in [3.63, 3.8) is 0 Å². The number of nitrogens with two attached hydrogens (primary N) is 2. The van der Waals surface area contributed by atoms with Crippen molar-refractivity contribution in [1.29, 1.82) is 0 Å². The Labute approximate surface area is 200 Å². The Hall–Kier alpha value is -2.73. The smallest absolute Gasteiger partial charge is 0.326 e. The van der Waals surface area contributed by atoms with Gasteiger partial charge in [0.2, 0.25) is 17.7 Å². The van der Waals surface area contributed by atoms with E-state index in [4.69, 9.17) is 16.6 Å². The number of amides is 3. The molecule has 0 aromatic rings. The van der Waals surface area contributed by atoms with Crippen molar-refractivity contribution in [2.45, 2.75) is 90.4 Å². The van der Waals surface area contributed by atoms with Crippen LogP contribution in [0, 0.1) is 11.8 Å². The number of hydrogen-bond acceptors (Lipinski definition) is 7. The second-order valence-electron chi connectivity index (χ2n) is 8.82. The van der Waals surface area contributed by atoms with Crippen LogP contribution in [0.1, 0.15) is 66.2 Å². The highest BCUT2D eigenvalue weighted by Gasteiger charge is 2.33. The number of carbonyl (C=O) groups excluding carboxylic acids is 3. The molecule has 0 aromatic heterocycles. The van der Waals surface area contributed by atoms with Crippen LogP contribution in [0.2, 0.25) is 0 Å². The minimum atomic E-state index is -1.18. The van der Waals surface area contributed by atoms with Crippen LogP contribution in [-0.4, -0.2) is 70.6 Å². The highest BCUT2D eigenvalue weighted by atomic mass is 16.4. The average molecular weight is 488 g/mol. The maximum absolute atomic E-state index is 13.0. The molecule has 5 unspecified atom stereocenters. The Morgan fingerprint density at radius 2 is 1.38 bits per heavy atom. The predicted molar refractivity (Wildman–Crippen MR) is 125 cm³/mol. The zero-order chi connectivity index (χ0) is 26.4. The number of carboxylic acids is 2. The lowest BCUT2D eigenvalue weighted by molar-refractivity contribution is -0.143. The Morgan fingerprint density at radius 1 is 0.824 bits per heavy atom. The molecule has 9 N–H and O–H groups in total. The molecule has 0 rings (SSSR count). The van der Waals surface area contributed by atoms with Crippen LogP contribution in [-0.2, 0) is 24.0 Å². The lowest BCUT2D eigenvalue weighted by Gasteiger charge is -2.29. The molecule has 0 aliphatic rings. The molecule has 0 aromatic carbocycles. The monoisotopic (exact) mass is 487 g/mol. The third kappa shape index (κ3) is 11.4. The molecule has 0 saturated heterocycles. The first-order valence-electron chi connectivity index (χ1n) is 11.7. The number of carboxylic acid groups (broad SMARTS) is 2. The molecule has 3 amide bonds. The van der Waals surface area contributed by atoms with Crippen molar-refractivity contribution in [3.8, 4) is 0 Å². The first-order chi connectivity index (χ1) is 15.8. The average Bonchev–Trinajstić information content (AvgIpc) is 2.77. The molecular formula is C22H41N5O7. The zero-order valence-corrected chi connectivity index (χ0v) is 20.5.